The van der Waals surface area contributed by atoms with E-state index in [4.69, 9.17) is 11.5 Å². The Hall–Kier alpha value is -1.85. The molecule has 0 atom stereocenters. The van der Waals surface area contributed by atoms with Gasteiger partial charge in [-0.15, -0.1) is 0 Å². The van der Waals surface area contributed by atoms with Crippen LogP contribution in [0.1, 0.15) is 16.7 Å². The molecule has 0 aliphatic carbocycles. The highest BCUT2D eigenvalue weighted by Gasteiger charge is 2.30. The van der Waals surface area contributed by atoms with Crippen LogP contribution < -0.4 is 11.5 Å². The van der Waals surface area contributed by atoms with Crippen molar-refractivity contribution < 1.29 is 13.2 Å². The Labute approximate surface area is 128 Å². The zero-order valence-electron chi connectivity index (χ0n) is 12.3. The molecule has 0 saturated carbocycles. The molecular weight excluding hydrogens is 289 g/mol. The van der Waals surface area contributed by atoms with Crippen molar-refractivity contribution in [1.29, 1.82) is 0 Å². The van der Waals surface area contributed by atoms with Gasteiger partial charge in [0.2, 0.25) is 0 Å². The summed E-state index contributed by atoms with van der Waals surface area (Å²) in [6.07, 6.45) is -2.80. The van der Waals surface area contributed by atoms with Crippen LogP contribution in [0.5, 0.6) is 0 Å². The van der Waals surface area contributed by atoms with E-state index in [1.165, 1.54) is 11.6 Å². The van der Waals surface area contributed by atoms with Crippen LogP contribution in [-0.2, 0) is 19.0 Å². The number of halogens is 3. The lowest BCUT2D eigenvalue weighted by Gasteiger charge is -2.07. The molecule has 0 aromatic heterocycles. The SMILES string of the molecule is NCCc1cccc(C(F)(F)F)c1.NCCc1ccccc1. The Morgan fingerprint density at radius 1 is 0.727 bits per heavy atom. The van der Waals surface area contributed by atoms with Crippen molar-refractivity contribution in [3.05, 3.63) is 71.3 Å². The van der Waals surface area contributed by atoms with Gasteiger partial charge in [0.25, 0.3) is 0 Å². The molecule has 0 saturated heterocycles. The van der Waals surface area contributed by atoms with Gasteiger partial charge >= 0.3 is 6.18 Å². The van der Waals surface area contributed by atoms with Gasteiger partial charge in [0.05, 0.1) is 5.56 Å². The quantitative estimate of drug-likeness (QED) is 0.909. The van der Waals surface area contributed by atoms with Gasteiger partial charge in [-0.1, -0.05) is 48.5 Å². The van der Waals surface area contributed by atoms with Crippen molar-refractivity contribution in [3.63, 3.8) is 0 Å². The standard InChI is InChI=1S/C9H10F3N.C8H11N/c10-9(11,12)8-3-1-2-7(6-8)4-5-13;9-7-6-8-4-2-1-3-5-8/h1-3,6H,4-5,13H2;1-5H,6-7,9H2. The van der Waals surface area contributed by atoms with Crippen LogP contribution in [0.3, 0.4) is 0 Å². The maximum Gasteiger partial charge on any atom is 0.416 e. The van der Waals surface area contributed by atoms with Crippen molar-refractivity contribution in [2.45, 2.75) is 19.0 Å². The van der Waals surface area contributed by atoms with Gasteiger partial charge in [-0.25, -0.2) is 0 Å². The van der Waals surface area contributed by atoms with Gasteiger partial charge in [-0.05, 0) is 43.1 Å². The van der Waals surface area contributed by atoms with E-state index in [9.17, 15) is 13.2 Å². The van der Waals surface area contributed by atoms with Crippen LogP contribution in [0.4, 0.5) is 13.2 Å². The third-order valence-corrected chi connectivity index (χ3v) is 2.96. The van der Waals surface area contributed by atoms with Crippen molar-refractivity contribution in [1.82, 2.24) is 0 Å². The maximum atomic E-state index is 12.2. The van der Waals surface area contributed by atoms with E-state index in [1.54, 1.807) is 6.07 Å². The highest BCUT2D eigenvalue weighted by Crippen LogP contribution is 2.29. The second kappa shape index (κ2) is 9.23. The van der Waals surface area contributed by atoms with Gasteiger partial charge in [-0.2, -0.15) is 13.2 Å². The molecule has 0 fully saturated rings. The van der Waals surface area contributed by atoms with E-state index in [0.717, 1.165) is 25.1 Å². The lowest BCUT2D eigenvalue weighted by atomic mass is 10.1. The number of hydrogen-bond acceptors (Lipinski definition) is 2. The lowest BCUT2D eigenvalue weighted by Crippen LogP contribution is -2.07. The third kappa shape index (κ3) is 6.74. The lowest BCUT2D eigenvalue weighted by molar-refractivity contribution is -0.137. The van der Waals surface area contributed by atoms with Crippen LogP contribution in [0.15, 0.2) is 54.6 Å². The summed E-state index contributed by atoms with van der Waals surface area (Å²) in [5.41, 5.74) is 11.9. The summed E-state index contributed by atoms with van der Waals surface area (Å²) in [6.45, 7) is 1.10. The second-order valence-electron chi connectivity index (χ2n) is 4.76. The summed E-state index contributed by atoms with van der Waals surface area (Å²) in [5, 5.41) is 0. The largest absolute Gasteiger partial charge is 0.416 e. The van der Waals surface area contributed by atoms with Crippen LogP contribution in [-0.4, -0.2) is 13.1 Å². The first-order chi connectivity index (χ1) is 10.5. The van der Waals surface area contributed by atoms with Gasteiger partial charge in [0, 0.05) is 0 Å². The molecule has 2 aromatic rings. The molecule has 2 nitrogen and oxygen atoms in total. The van der Waals surface area contributed by atoms with Crippen LogP contribution in [0, 0.1) is 0 Å². The molecule has 0 aliphatic heterocycles. The van der Waals surface area contributed by atoms with Crippen molar-refractivity contribution in [2.75, 3.05) is 13.1 Å². The van der Waals surface area contributed by atoms with Gasteiger partial charge < -0.3 is 11.5 Å². The summed E-state index contributed by atoms with van der Waals surface area (Å²) in [6, 6.07) is 15.5. The molecule has 0 bridgehead atoms. The molecule has 0 spiro atoms. The van der Waals surface area contributed by atoms with Gasteiger partial charge in [-0.3, -0.25) is 0 Å². The number of nitrogens with two attached hydrogens (primary N) is 2. The summed E-state index contributed by atoms with van der Waals surface area (Å²) < 4.78 is 36.5. The van der Waals surface area contributed by atoms with Crippen LogP contribution >= 0.6 is 0 Å². The maximum absolute atomic E-state index is 12.2. The number of benzene rings is 2. The second-order valence-corrected chi connectivity index (χ2v) is 4.76. The smallest absolute Gasteiger partial charge is 0.330 e. The molecule has 0 aliphatic rings. The molecule has 0 unspecified atom stereocenters. The van der Waals surface area contributed by atoms with E-state index in [1.807, 2.05) is 18.2 Å². The summed E-state index contributed by atoms with van der Waals surface area (Å²) in [5.74, 6) is 0. The Morgan fingerprint density at radius 2 is 1.27 bits per heavy atom. The molecule has 2 aromatic carbocycles. The van der Waals surface area contributed by atoms with E-state index >= 15 is 0 Å². The van der Waals surface area contributed by atoms with Crippen LogP contribution in [0.2, 0.25) is 0 Å². The number of alkyl halides is 3. The van der Waals surface area contributed by atoms with E-state index in [0.29, 0.717) is 18.5 Å². The Bertz CT molecular complexity index is 539. The summed E-state index contributed by atoms with van der Waals surface area (Å²) in [7, 11) is 0. The van der Waals surface area contributed by atoms with E-state index < -0.39 is 11.7 Å². The average Bonchev–Trinajstić information content (AvgIpc) is 2.49. The normalized spacial score (nSPS) is 10.8. The highest BCUT2D eigenvalue weighted by atomic mass is 19.4. The molecule has 5 heteroatoms. The van der Waals surface area contributed by atoms with Gasteiger partial charge in [0.15, 0.2) is 0 Å². The fraction of sp³-hybridized carbons (Fsp3) is 0.294. The molecule has 2 rings (SSSR count). The highest BCUT2D eigenvalue weighted by molar-refractivity contribution is 5.25. The topological polar surface area (TPSA) is 52.0 Å². The fourth-order valence-electron chi connectivity index (χ4n) is 1.88. The van der Waals surface area contributed by atoms with Crippen LogP contribution in [0.25, 0.3) is 0 Å². The van der Waals surface area contributed by atoms with E-state index in [-0.39, 0.29) is 0 Å². The third-order valence-electron chi connectivity index (χ3n) is 2.96. The van der Waals surface area contributed by atoms with Gasteiger partial charge in [0.1, 0.15) is 0 Å². The van der Waals surface area contributed by atoms with Crippen molar-refractivity contribution >= 4 is 0 Å². The molecule has 120 valence electrons. The molecule has 0 radical (unpaired) electrons. The molecule has 0 amide bonds. The summed E-state index contributed by atoms with van der Waals surface area (Å²) in [4.78, 5) is 0. The monoisotopic (exact) mass is 310 g/mol. The first-order valence-electron chi connectivity index (χ1n) is 7.07. The molecular formula is C17H21F3N2. The predicted molar refractivity (Wildman–Crippen MR) is 83.4 cm³/mol. The Morgan fingerprint density at radius 3 is 1.82 bits per heavy atom. The first kappa shape index (κ1) is 18.2. The first-order valence-corrected chi connectivity index (χ1v) is 7.07. The van der Waals surface area contributed by atoms with Crippen molar-refractivity contribution in [3.8, 4) is 0 Å². The Kier molecular flexibility index (Phi) is 7.63. The van der Waals surface area contributed by atoms with Crippen molar-refractivity contribution in [2.24, 2.45) is 11.5 Å². The predicted octanol–water partition coefficient (Wildman–Crippen LogP) is 3.39. The zero-order valence-corrected chi connectivity index (χ0v) is 12.3. The minimum absolute atomic E-state index is 0.362. The summed E-state index contributed by atoms with van der Waals surface area (Å²) >= 11 is 0. The minimum Gasteiger partial charge on any atom is -0.330 e. The molecule has 22 heavy (non-hydrogen) atoms. The molecule has 0 heterocycles. The zero-order chi connectivity index (χ0) is 16.4. The van der Waals surface area contributed by atoms with E-state index in [2.05, 4.69) is 12.1 Å². The number of rotatable bonds is 4. The Balaban J connectivity index is 0.000000235. The fourth-order valence-corrected chi connectivity index (χ4v) is 1.88. The number of hydrogen-bond donors (Lipinski definition) is 2. The minimum atomic E-state index is -4.26. The molecule has 4 N–H and O–H groups in total. The average molecular weight is 310 g/mol.